The first kappa shape index (κ1) is 106. The number of hydrogen-bond acceptors (Lipinski definition) is 18. The highest BCUT2D eigenvalue weighted by Crippen LogP contribution is 2.60. The number of fused-ring (bicyclic) bond motifs is 16. The summed E-state index contributed by atoms with van der Waals surface area (Å²) in [6, 6.07) is 81.3. The van der Waals surface area contributed by atoms with E-state index in [0.717, 1.165) is 147 Å². The van der Waals surface area contributed by atoms with Gasteiger partial charge in [0.1, 0.15) is 46.0 Å². The molecule has 0 amide bonds. The molecule has 0 saturated heterocycles. The van der Waals surface area contributed by atoms with Gasteiger partial charge in [-0.15, -0.1) is 0 Å². The van der Waals surface area contributed by atoms with E-state index >= 15 is 0 Å². The van der Waals surface area contributed by atoms with Crippen molar-refractivity contribution in [3.63, 3.8) is 0 Å². The summed E-state index contributed by atoms with van der Waals surface area (Å²) in [6.45, 7) is 25.1. The highest BCUT2D eigenvalue weighted by molar-refractivity contribution is 5.94. The molecule has 6 N–H and O–H groups in total. The zero-order valence-electron chi connectivity index (χ0n) is 87.2. The van der Waals surface area contributed by atoms with Crippen LogP contribution < -0.4 is 28.4 Å². The van der Waals surface area contributed by atoms with E-state index in [4.69, 9.17) is 56.8 Å². The van der Waals surface area contributed by atoms with Crippen LogP contribution in [-0.2, 0) is 52.1 Å². The summed E-state index contributed by atoms with van der Waals surface area (Å²) in [5.41, 5.74) is 6.07. The standard InChI is InChI=1S/C32H36O6.2C24H22O3.2C13H20O3.2C10H16/c1-21(37-31-7-3-5-25-17-27(33)13-15-29(25)31)35-19-23-9-11-24(12-10-23)20-36-22(2)38-32-8-4-6-26-18-28(34)14-16-30(26)32;2*1-16(26-2)27-24-14-12-18-8-4-6-10-20(18)22(24)15-21-19-9-5-3-7-17(19)11-13-23(21)25;2*1-9(15-5)16-12-7-6-10(8-11(12)14)13(2,3)4;2*1-2-9-7-4-5-8(6-7)10(9)3-1/h3-8,13-18,21-24,33-34H,9-12,19-20H2,1-2H3;2*3-14,16,25H,15H2,1-2H3;2*6-9,14H,1-5H3;2*7-10H,1-6H2. The minimum absolute atomic E-state index is 0.0167. The molecule has 0 radical (unpaired) electrons. The summed E-state index contributed by atoms with van der Waals surface area (Å²) in [5, 5.41) is 72.9. The molecule has 764 valence electrons. The minimum atomic E-state index is -0.369. The van der Waals surface area contributed by atoms with E-state index in [0.29, 0.717) is 60.9 Å². The molecule has 0 spiro atoms. The monoisotopic (exact) mass is 1950 g/mol. The van der Waals surface area contributed by atoms with Crippen molar-refractivity contribution in [2.45, 2.75) is 247 Å². The maximum absolute atomic E-state index is 10.6. The van der Waals surface area contributed by atoms with Crippen LogP contribution in [-0.4, -0.2) is 110 Å². The summed E-state index contributed by atoms with van der Waals surface area (Å²) in [4.78, 5) is 0. The Hall–Kier alpha value is -12.0. The van der Waals surface area contributed by atoms with Gasteiger partial charge < -0.3 is 87.5 Å². The zero-order valence-corrected chi connectivity index (χ0v) is 87.2. The summed E-state index contributed by atoms with van der Waals surface area (Å²) in [7, 11) is 6.38. The molecule has 7 aliphatic carbocycles. The summed E-state index contributed by atoms with van der Waals surface area (Å²) in [5.74, 6) is 16.0. The second-order valence-corrected chi connectivity index (χ2v) is 42.4. The van der Waals surface area contributed by atoms with Crippen molar-refractivity contribution in [2.24, 2.45) is 59.2 Å². The maximum atomic E-state index is 10.6. The predicted molar refractivity (Wildman–Crippen MR) is 579 cm³/mol. The van der Waals surface area contributed by atoms with Crippen LogP contribution in [0.15, 0.2) is 255 Å². The molecule has 144 heavy (non-hydrogen) atoms. The molecule has 0 heterocycles. The third-order valence-corrected chi connectivity index (χ3v) is 30.9. The predicted octanol–water partition coefficient (Wildman–Crippen LogP) is 30.5. The Labute approximate surface area is 852 Å². The highest BCUT2D eigenvalue weighted by Gasteiger charge is 2.50. The van der Waals surface area contributed by atoms with Crippen molar-refractivity contribution >= 4 is 64.6 Å². The Balaban J connectivity index is 0.000000132. The molecule has 4 bridgehead atoms. The van der Waals surface area contributed by atoms with Crippen LogP contribution >= 0.6 is 0 Å². The second-order valence-electron chi connectivity index (χ2n) is 42.4. The van der Waals surface area contributed by atoms with Crippen molar-refractivity contribution in [1.82, 2.24) is 0 Å². The topological polar surface area (TPSA) is 232 Å². The van der Waals surface area contributed by atoms with Gasteiger partial charge in [0.2, 0.25) is 0 Å². The Morgan fingerprint density at radius 2 is 0.549 bits per heavy atom. The maximum Gasteiger partial charge on any atom is 0.197 e. The molecule has 7 fully saturated rings. The van der Waals surface area contributed by atoms with E-state index in [1.165, 1.54) is 47.3 Å². The van der Waals surface area contributed by atoms with Gasteiger partial charge in [0.15, 0.2) is 60.7 Å². The van der Waals surface area contributed by atoms with Gasteiger partial charge in [-0.05, 0) is 363 Å². The van der Waals surface area contributed by atoms with E-state index < -0.39 is 0 Å². The lowest BCUT2D eigenvalue weighted by Crippen LogP contribution is -2.27. The molecule has 7 saturated carbocycles. The molecular formula is C126H152O18. The van der Waals surface area contributed by atoms with Crippen LogP contribution in [0.25, 0.3) is 64.6 Å². The molecule has 0 aromatic heterocycles. The molecule has 18 heteroatoms. The molecule has 14 atom stereocenters. The normalized spacial score (nSPS) is 20.8. The number of hydrogen-bond donors (Lipinski definition) is 6. The van der Waals surface area contributed by atoms with Gasteiger partial charge in [-0.3, -0.25) is 0 Å². The first-order chi connectivity index (χ1) is 69.4. The first-order valence-electron chi connectivity index (χ1n) is 52.2. The lowest BCUT2D eigenvalue weighted by atomic mass is 9.82. The lowest BCUT2D eigenvalue weighted by molar-refractivity contribution is -0.0939. The van der Waals surface area contributed by atoms with Crippen molar-refractivity contribution in [3.05, 3.63) is 288 Å². The second kappa shape index (κ2) is 49.3. The highest BCUT2D eigenvalue weighted by atomic mass is 16.7. The summed E-state index contributed by atoms with van der Waals surface area (Å²) in [6.07, 6.45) is 22.5. The first-order valence-corrected chi connectivity index (χ1v) is 52.2. The van der Waals surface area contributed by atoms with E-state index in [1.54, 1.807) is 180 Å². The number of ether oxygens (including phenoxy) is 12. The molecule has 18 nitrogen and oxygen atoms in total. The third kappa shape index (κ3) is 27.2. The van der Waals surface area contributed by atoms with Crippen LogP contribution in [0.4, 0.5) is 0 Å². The Kier molecular flexibility index (Phi) is 36.4. The van der Waals surface area contributed by atoms with Crippen molar-refractivity contribution in [1.29, 1.82) is 0 Å². The quantitative estimate of drug-likeness (QED) is 0.0277. The Morgan fingerprint density at radius 3 is 0.868 bits per heavy atom. The minimum Gasteiger partial charge on any atom is -0.508 e. The average molecular weight is 1950 g/mol. The molecule has 7 aliphatic rings. The molecule has 0 aliphatic heterocycles. The zero-order chi connectivity index (χ0) is 102. The lowest BCUT2D eigenvalue weighted by Gasteiger charge is -2.30. The molecule has 21 rings (SSSR count). The summed E-state index contributed by atoms with van der Waals surface area (Å²) < 4.78 is 67.6. The number of phenolic OH excluding ortho intramolecular Hbond substituents is 6. The number of benzene rings is 14. The van der Waals surface area contributed by atoms with Gasteiger partial charge in [-0.2, -0.15) is 0 Å². The molecule has 14 unspecified atom stereocenters. The van der Waals surface area contributed by atoms with Crippen molar-refractivity contribution in [3.8, 4) is 69.0 Å². The van der Waals surface area contributed by atoms with E-state index in [-0.39, 0.29) is 71.6 Å². The summed E-state index contributed by atoms with van der Waals surface area (Å²) >= 11 is 0. The fraction of sp³-hybridized carbons (Fsp3) is 0.429. The van der Waals surface area contributed by atoms with Crippen molar-refractivity contribution < 1.29 is 87.5 Å². The van der Waals surface area contributed by atoms with E-state index in [1.807, 2.05) is 173 Å². The van der Waals surface area contributed by atoms with Crippen LogP contribution in [0, 0.1) is 59.2 Å². The van der Waals surface area contributed by atoms with E-state index in [2.05, 4.69) is 90.1 Å². The van der Waals surface area contributed by atoms with Gasteiger partial charge in [0.05, 0.1) is 13.2 Å². The molecule has 14 aromatic carbocycles. The average Bonchev–Trinajstić information content (AvgIpc) is 1.61. The van der Waals surface area contributed by atoms with Gasteiger partial charge in [-0.1, -0.05) is 212 Å². The fourth-order valence-electron chi connectivity index (χ4n) is 22.9. The Bertz CT molecular complexity index is 6120. The smallest absolute Gasteiger partial charge is 0.197 e. The van der Waals surface area contributed by atoms with Crippen LogP contribution in [0.1, 0.15) is 219 Å². The fourth-order valence-corrected chi connectivity index (χ4v) is 22.9. The Morgan fingerprint density at radius 1 is 0.257 bits per heavy atom. The number of methoxy groups -OCH3 is 4. The van der Waals surface area contributed by atoms with Crippen LogP contribution in [0.3, 0.4) is 0 Å². The van der Waals surface area contributed by atoms with Gasteiger partial charge in [-0.25, -0.2) is 0 Å². The number of rotatable bonds is 26. The SMILES string of the molecule is C1CC2C3CCC(C3)C2C1.C1CC2C3CCC(C3)C2C1.CC(OCC1CCC(COC(C)Oc2cccc3cc(O)ccc23)CC1)Oc1cccc2cc(O)ccc12.COC(C)Oc1ccc(C(C)(C)C)cc1O.COC(C)Oc1ccc(C(C)(C)C)cc1O.COC(C)Oc1ccc2ccccc2c1Cc1c(O)ccc2ccccc12.COC(C)Oc1ccc2ccccc2c1Cc1c(O)ccc2ccccc12. The van der Waals surface area contributed by atoms with Crippen LogP contribution in [0.5, 0.6) is 69.0 Å². The van der Waals surface area contributed by atoms with Gasteiger partial charge in [0, 0.05) is 74.3 Å². The van der Waals surface area contributed by atoms with Crippen molar-refractivity contribution in [2.75, 3.05) is 41.7 Å². The van der Waals surface area contributed by atoms with Gasteiger partial charge >= 0.3 is 0 Å². The third-order valence-electron chi connectivity index (χ3n) is 30.9. The number of phenols is 6. The molecular weight excluding hydrogens is 1800 g/mol. The van der Waals surface area contributed by atoms with E-state index in [9.17, 15) is 30.6 Å². The largest absolute Gasteiger partial charge is 0.508 e. The molecule has 14 aromatic rings. The van der Waals surface area contributed by atoms with Crippen LogP contribution in [0.2, 0.25) is 0 Å². The van der Waals surface area contributed by atoms with Gasteiger partial charge in [0.25, 0.3) is 0 Å². The number of aromatic hydroxyl groups is 6.